The molecule has 0 unspecified atom stereocenters. The number of hydrogen-bond acceptors (Lipinski definition) is 3. The fraction of sp³-hybridized carbons (Fsp3) is 0.357. The Morgan fingerprint density at radius 2 is 2.11 bits per heavy atom. The summed E-state index contributed by atoms with van der Waals surface area (Å²) < 4.78 is 5.15. The fourth-order valence-corrected chi connectivity index (χ4v) is 1.90. The van der Waals surface area contributed by atoms with Gasteiger partial charge in [-0.2, -0.15) is 0 Å². The van der Waals surface area contributed by atoms with Gasteiger partial charge >= 0.3 is 0 Å². The Morgan fingerprint density at radius 1 is 1.33 bits per heavy atom. The van der Waals surface area contributed by atoms with E-state index in [0.717, 1.165) is 29.4 Å². The summed E-state index contributed by atoms with van der Waals surface area (Å²) in [6.45, 7) is 0.820. The number of rotatable bonds is 5. The van der Waals surface area contributed by atoms with Crippen molar-refractivity contribution in [1.29, 1.82) is 0 Å². The molecule has 1 fully saturated rings. The van der Waals surface area contributed by atoms with Gasteiger partial charge in [0.1, 0.15) is 11.6 Å². The first-order valence-corrected chi connectivity index (χ1v) is 6.27. The predicted molar refractivity (Wildman–Crippen MR) is 70.4 cm³/mol. The summed E-state index contributed by atoms with van der Waals surface area (Å²) in [5.74, 6) is 1.86. The molecule has 0 amide bonds. The molecule has 1 aromatic carbocycles. The Morgan fingerprint density at radius 3 is 2.78 bits per heavy atom. The molecule has 0 saturated heterocycles. The molecule has 0 atom stereocenters. The zero-order valence-electron chi connectivity index (χ0n) is 10.4. The zero-order chi connectivity index (χ0) is 12.4. The van der Waals surface area contributed by atoms with Crippen molar-refractivity contribution in [3.8, 4) is 17.0 Å². The van der Waals surface area contributed by atoms with Crippen LogP contribution in [0.2, 0.25) is 0 Å². The number of ether oxygens (including phenoxy) is 1. The SMILES string of the molecule is COc1ccc(-c2cnc(CNC3CC3)[nH]2)cc1. The molecule has 1 heterocycles. The van der Waals surface area contributed by atoms with Gasteiger partial charge in [-0.3, -0.25) is 0 Å². The van der Waals surface area contributed by atoms with Crippen LogP contribution in [0.25, 0.3) is 11.3 Å². The molecule has 0 bridgehead atoms. The maximum absolute atomic E-state index is 5.15. The van der Waals surface area contributed by atoms with Gasteiger partial charge in [0.2, 0.25) is 0 Å². The van der Waals surface area contributed by atoms with Crippen LogP contribution in [0.4, 0.5) is 0 Å². The third-order valence-corrected chi connectivity index (χ3v) is 3.17. The third kappa shape index (κ3) is 2.54. The third-order valence-electron chi connectivity index (χ3n) is 3.17. The molecule has 4 nitrogen and oxygen atoms in total. The molecular formula is C14H17N3O. The van der Waals surface area contributed by atoms with E-state index in [-0.39, 0.29) is 0 Å². The maximum atomic E-state index is 5.15. The highest BCUT2D eigenvalue weighted by atomic mass is 16.5. The summed E-state index contributed by atoms with van der Waals surface area (Å²) >= 11 is 0. The van der Waals surface area contributed by atoms with Gasteiger partial charge < -0.3 is 15.0 Å². The van der Waals surface area contributed by atoms with Crippen molar-refractivity contribution in [2.45, 2.75) is 25.4 Å². The molecule has 0 radical (unpaired) electrons. The zero-order valence-corrected chi connectivity index (χ0v) is 10.4. The molecule has 3 rings (SSSR count). The number of aromatic amines is 1. The molecule has 1 aliphatic rings. The average molecular weight is 243 g/mol. The molecule has 94 valence electrons. The van der Waals surface area contributed by atoms with Gasteiger partial charge in [-0.15, -0.1) is 0 Å². The van der Waals surface area contributed by atoms with Crippen molar-refractivity contribution < 1.29 is 4.74 Å². The largest absolute Gasteiger partial charge is 0.497 e. The van der Waals surface area contributed by atoms with E-state index in [2.05, 4.69) is 15.3 Å². The second kappa shape index (κ2) is 4.82. The summed E-state index contributed by atoms with van der Waals surface area (Å²) in [5.41, 5.74) is 2.17. The first-order valence-electron chi connectivity index (χ1n) is 6.27. The lowest BCUT2D eigenvalue weighted by molar-refractivity contribution is 0.415. The van der Waals surface area contributed by atoms with Gasteiger partial charge in [-0.25, -0.2) is 4.98 Å². The molecule has 2 N–H and O–H groups in total. The predicted octanol–water partition coefficient (Wildman–Crippen LogP) is 2.34. The van der Waals surface area contributed by atoms with Crippen molar-refractivity contribution >= 4 is 0 Å². The Bertz CT molecular complexity index is 514. The number of nitrogens with one attached hydrogen (secondary N) is 2. The molecular weight excluding hydrogens is 226 g/mol. The van der Waals surface area contributed by atoms with Crippen molar-refractivity contribution in [3.63, 3.8) is 0 Å². The van der Waals surface area contributed by atoms with Crippen molar-refractivity contribution in [2.75, 3.05) is 7.11 Å². The van der Waals surface area contributed by atoms with Crippen molar-refractivity contribution in [1.82, 2.24) is 15.3 Å². The number of aromatic nitrogens is 2. The number of imidazole rings is 1. The number of methoxy groups -OCH3 is 1. The van der Waals surface area contributed by atoms with Gasteiger partial charge in [0.15, 0.2) is 0 Å². The Hall–Kier alpha value is -1.81. The highest BCUT2D eigenvalue weighted by Crippen LogP contribution is 2.21. The van der Waals surface area contributed by atoms with Crippen LogP contribution < -0.4 is 10.1 Å². The van der Waals surface area contributed by atoms with Gasteiger partial charge in [0.05, 0.1) is 25.5 Å². The fourth-order valence-electron chi connectivity index (χ4n) is 1.90. The minimum Gasteiger partial charge on any atom is -0.497 e. The van der Waals surface area contributed by atoms with Gasteiger partial charge in [0, 0.05) is 6.04 Å². The monoisotopic (exact) mass is 243 g/mol. The highest BCUT2D eigenvalue weighted by molar-refractivity contribution is 5.59. The summed E-state index contributed by atoms with van der Waals surface area (Å²) in [7, 11) is 1.67. The summed E-state index contributed by atoms with van der Waals surface area (Å²) in [6, 6.07) is 8.69. The lowest BCUT2D eigenvalue weighted by Crippen LogP contribution is -2.16. The molecule has 0 spiro atoms. The van der Waals surface area contributed by atoms with E-state index in [1.54, 1.807) is 7.11 Å². The Labute approximate surface area is 106 Å². The van der Waals surface area contributed by atoms with Crippen LogP contribution >= 0.6 is 0 Å². The van der Waals surface area contributed by atoms with E-state index in [0.29, 0.717) is 6.04 Å². The first kappa shape index (κ1) is 11.3. The number of H-pyrrole nitrogens is 1. The normalized spacial score (nSPS) is 14.7. The second-order valence-corrected chi connectivity index (χ2v) is 4.63. The van der Waals surface area contributed by atoms with E-state index in [4.69, 9.17) is 4.74 Å². The van der Waals surface area contributed by atoms with Crippen LogP contribution in [0.5, 0.6) is 5.75 Å². The lowest BCUT2D eigenvalue weighted by atomic mass is 10.2. The lowest BCUT2D eigenvalue weighted by Gasteiger charge is -2.01. The Kier molecular flexibility index (Phi) is 3.02. The molecule has 1 saturated carbocycles. The maximum Gasteiger partial charge on any atom is 0.120 e. The summed E-state index contributed by atoms with van der Waals surface area (Å²) in [6.07, 6.45) is 4.48. The van der Waals surface area contributed by atoms with Crippen molar-refractivity contribution in [2.24, 2.45) is 0 Å². The number of nitrogens with zero attached hydrogens (tertiary/aromatic N) is 1. The minimum atomic E-state index is 0.708. The number of hydrogen-bond donors (Lipinski definition) is 2. The summed E-state index contributed by atoms with van der Waals surface area (Å²) in [5, 5.41) is 3.44. The van der Waals surface area contributed by atoms with Crippen LogP contribution in [0, 0.1) is 0 Å². The van der Waals surface area contributed by atoms with E-state index in [9.17, 15) is 0 Å². The molecule has 4 heteroatoms. The summed E-state index contributed by atoms with van der Waals surface area (Å²) in [4.78, 5) is 7.72. The molecule has 1 aromatic heterocycles. The highest BCUT2D eigenvalue weighted by Gasteiger charge is 2.20. The van der Waals surface area contributed by atoms with E-state index >= 15 is 0 Å². The number of benzene rings is 1. The van der Waals surface area contributed by atoms with E-state index in [1.807, 2.05) is 30.5 Å². The van der Waals surface area contributed by atoms with Crippen LogP contribution in [0.1, 0.15) is 18.7 Å². The van der Waals surface area contributed by atoms with Gasteiger partial charge in [-0.05, 0) is 42.7 Å². The quantitative estimate of drug-likeness (QED) is 0.847. The first-order chi connectivity index (χ1) is 8.85. The molecule has 2 aromatic rings. The van der Waals surface area contributed by atoms with Crippen LogP contribution in [-0.4, -0.2) is 23.1 Å². The minimum absolute atomic E-state index is 0.708. The smallest absolute Gasteiger partial charge is 0.120 e. The molecule has 18 heavy (non-hydrogen) atoms. The topological polar surface area (TPSA) is 49.9 Å². The van der Waals surface area contributed by atoms with Crippen molar-refractivity contribution in [3.05, 3.63) is 36.3 Å². The van der Waals surface area contributed by atoms with Crippen LogP contribution in [0.3, 0.4) is 0 Å². The van der Waals surface area contributed by atoms with Crippen LogP contribution in [-0.2, 0) is 6.54 Å². The van der Waals surface area contributed by atoms with E-state index < -0.39 is 0 Å². The molecule has 0 aliphatic heterocycles. The van der Waals surface area contributed by atoms with Gasteiger partial charge in [-0.1, -0.05) is 0 Å². The van der Waals surface area contributed by atoms with E-state index in [1.165, 1.54) is 12.8 Å². The second-order valence-electron chi connectivity index (χ2n) is 4.63. The van der Waals surface area contributed by atoms with Crippen LogP contribution in [0.15, 0.2) is 30.5 Å². The average Bonchev–Trinajstić information content (AvgIpc) is 3.14. The Balaban J connectivity index is 1.70. The van der Waals surface area contributed by atoms with Gasteiger partial charge in [0.25, 0.3) is 0 Å². The standard InChI is InChI=1S/C14H17N3O/c1-18-12-6-2-10(3-7-12)13-8-16-14(17-13)9-15-11-4-5-11/h2-3,6-8,11,15H,4-5,9H2,1H3,(H,16,17). The molecule has 1 aliphatic carbocycles.